The van der Waals surface area contributed by atoms with E-state index in [4.69, 9.17) is 76.3 Å². The van der Waals surface area contributed by atoms with Gasteiger partial charge < -0.3 is 71.2 Å². The summed E-state index contributed by atoms with van der Waals surface area (Å²) >= 11 is 22.3. The summed E-state index contributed by atoms with van der Waals surface area (Å²) in [4.78, 5) is 82.5. The maximum absolute atomic E-state index is 12.6. The summed E-state index contributed by atoms with van der Waals surface area (Å²) in [6.07, 6.45) is 42.9. The lowest BCUT2D eigenvalue weighted by Gasteiger charge is -1.98. The van der Waals surface area contributed by atoms with Crippen LogP contribution in [0.4, 0.5) is 0 Å². The molecule has 0 bridgehead atoms. The third kappa shape index (κ3) is 27.0. The van der Waals surface area contributed by atoms with Crippen molar-refractivity contribution in [3.8, 4) is 11.8 Å². The van der Waals surface area contributed by atoms with Crippen LogP contribution >= 0.6 is 71.2 Å². The topological polar surface area (TPSA) is 464 Å². The Morgan fingerprint density at radius 2 is 0.891 bits per heavy atom. The zero-order valence-electron chi connectivity index (χ0n) is 70.9. The molecule has 41 heteroatoms. The Bertz CT molecular complexity index is 6690. The predicted molar refractivity (Wildman–Crippen MR) is 491 cm³/mol. The van der Waals surface area contributed by atoms with Crippen LogP contribution in [0, 0.1) is 22.3 Å². The van der Waals surface area contributed by atoms with Crippen LogP contribution in [-0.4, -0.2) is 147 Å². The number of hydrogen-bond donors (Lipinski definition) is 5. The van der Waals surface area contributed by atoms with Gasteiger partial charge >= 0.3 is 23.1 Å². The Labute approximate surface area is 772 Å². The molecule has 16 heterocycles. The van der Waals surface area contributed by atoms with Gasteiger partial charge in [0.1, 0.15) is 34.1 Å². The number of alkyl halides is 1. The summed E-state index contributed by atoms with van der Waals surface area (Å²) in [7, 11) is 1.03. The zero-order chi connectivity index (χ0) is 90.0. The van der Waals surface area contributed by atoms with Gasteiger partial charge in [-0.05, 0) is 194 Å². The molecule has 129 heavy (non-hydrogen) atoms. The summed E-state index contributed by atoms with van der Waals surface area (Å²) in [5, 5.41) is 42.8. The van der Waals surface area contributed by atoms with Gasteiger partial charge in [0.05, 0.1) is 115 Å². The van der Waals surface area contributed by atoms with Crippen molar-refractivity contribution in [3.05, 3.63) is 273 Å². The van der Waals surface area contributed by atoms with Crippen LogP contribution in [0.25, 0.3) is 39.3 Å². The highest BCUT2D eigenvalue weighted by molar-refractivity contribution is 6.83. The molecule has 5 fully saturated rings. The number of Topliss-reactive ketones (excluding diaryl/α,β-unsaturated/α-hetero) is 1. The van der Waals surface area contributed by atoms with Crippen LogP contribution in [0.2, 0.25) is 29.7 Å². The minimum absolute atomic E-state index is 0. The van der Waals surface area contributed by atoms with E-state index in [-0.39, 0.29) is 54.6 Å². The number of nitriles is 2. The summed E-state index contributed by atoms with van der Waals surface area (Å²) < 4.78 is 32.4. The number of aromatic nitrogens is 18. The largest absolute Gasteiger partial charge is 0.462 e. The highest BCUT2D eigenvalue weighted by Gasteiger charge is 2.29. The number of pyridine rings is 7. The van der Waals surface area contributed by atoms with Crippen LogP contribution in [-0.2, 0) is 63.6 Å². The minimum Gasteiger partial charge on any atom is -0.462 e. The van der Waals surface area contributed by atoms with Crippen LogP contribution in [0.3, 0.4) is 0 Å². The SMILES string of the molecule is COC(=O)C(=O)Cl.COC(=O)c1nc(Cc2cn3cc(C4CC4)ccc3n2)no1.C[Si](C)(C)C#N.Cl.Cl.ClCc1cn2cc(C3CC3)ccc2n1.N#CCc1cn2cc(C3CC3)ccc2n1.NC(Cc1cn2cc(C3CC3)ccc2n1)=NO.NCc1ncn2ccc(Cl)cc12.NO.O=C(CCc1ncn2ccc(Cl)cc12)c1nc(Cc2cn3cc(C4CC4)ccc3n2)no1. The van der Waals surface area contributed by atoms with E-state index in [1.807, 2.05) is 132 Å². The van der Waals surface area contributed by atoms with Crippen molar-refractivity contribution in [2.75, 3.05) is 14.2 Å². The van der Waals surface area contributed by atoms with Gasteiger partial charge in [-0.25, -0.2) is 55.6 Å². The van der Waals surface area contributed by atoms with Crippen LogP contribution in [0.15, 0.2) is 186 Å². The average molecular weight is 1890 g/mol. The number of esters is 2. The maximum Gasteiger partial charge on any atom is 0.397 e. The van der Waals surface area contributed by atoms with Crippen molar-refractivity contribution in [3.63, 3.8) is 0 Å². The Hall–Kier alpha value is -12.5. The van der Waals surface area contributed by atoms with Gasteiger partial charge in [0.25, 0.3) is 5.89 Å². The molecular formula is C88H94Cl6N24O10Si. The van der Waals surface area contributed by atoms with Gasteiger partial charge in [-0.1, -0.05) is 88.6 Å². The molecule has 8 N–H and O–H groups in total. The molecule has 0 unspecified atom stereocenters. The second-order valence-electron chi connectivity index (χ2n) is 31.7. The van der Waals surface area contributed by atoms with Gasteiger partial charge in [0.15, 0.2) is 19.7 Å². The van der Waals surface area contributed by atoms with Gasteiger partial charge in [0, 0.05) is 103 Å². The number of oxime groups is 1. The number of halogens is 6. The fourth-order valence-corrected chi connectivity index (χ4v) is 13.9. The van der Waals surface area contributed by atoms with Crippen molar-refractivity contribution < 1.29 is 48.1 Å². The van der Waals surface area contributed by atoms with E-state index in [0.717, 1.165) is 104 Å². The number of nitrogens with two attached hydrogens (primary N) is 3. The first kappa shape index (κ1) is 97.1. The van der Waals surface area contributed by atoms with Gasteiger partial charge in [-0.15, -0.1) is 36.4 Å². The molecule has 5 aliphatic carbocycles. The molecule has 21 rings (SSSR count). The second kappa shape index (κ2) is 45.0. The monoisotopic (exact) mass is 1880 g/mol. The van der Waals surface area contributed by atoms with Crippen molar-refractivity contribution in [1.82, 2.24) is 86.0 Å². The quantitative estimate of drug-likeness (QED) is 0.00452. The molecule has 5 aliphatic rings. The molecule has 0 aliphatic heterocycles. The number of aryl methyl sites for hydroxylation is 1. The molecular weight excluding hydrogens is 1790 g/mol. The smallest absolute Gasteiger partial charge is 0.397 e. The lowest BCUT2D eigenvalue weighted by molar-refractivity contribution is -0.148. The number of imidazole rings is 7. The Morgan fingerprint density at radius 1 is 0.527 bits per heavy atom. The standard InChI is InChI=1S/C23H19ClN6O2.C15H14N4O3.C12H14N4O.C12H11N3.C11H11ClN2.C8H8ClN3.C4H9NSi.C3H3ClO3.2ClH.H3NO/c24-16-7-8-29-13-25-18(19(29)9-16)4-5-20(31)23-27-21(28-32-23)10-17-12-30-11-15(14-1-2-14)3-6-22(30)26-17;1-21-15(20)14-17-12(18-22-14)6-11-8-19-7-10(9-2-3-9)4-5-13(19)16-11;13-11(15-17)5-10-7-16-6-9(8-1-2-8)3-4-12(16)14-10;13-6-5-11-8-15-7-10(9-1-2-9)3-4-12(15)14-11;12-5-10-7-14-6-9(8-1-2-8)3-4-11(14)13-10;9-6-1-2-12-5-11-7(4-10)8(12)3-6;1-6(2,3)4-5;1-7-3(6)2(4)5;;;1-2/h3,6-9,11-14H,1-2,4-5,10H2;4-5,7-9H,2-3,6H2,1H3;3-4,6-8,17H,1-2,5H2,(H2,13,15);3-4,7-9H,1-2,5H2;3-4,6-8H,1-2,5H2;1-3,5H,4,10H2;1-3H3;1H3;2*1H;2H,1H2. The number of amidine groups is 1. The van der Waals surface area contributed by atoms with Crippen LogP contribution in [0.1, 0.15) is 201 Å². The first-order valence-electron chi connectivity index (χ1n) is 40.8. The Balaban J connectivity index is 0.000000148. The lowest BCUT2D eigenvalue weighted by Crippen LogP contribution is -2.15. The first-order chi connectivity index (χ1) is 61.4. The molecule has 5 saturated carbocycles. The molecule has 16 aromatic rings. The van der Waals surface area contributed by atoms with E-state index >= 15 is 0 Å². The van der Waals surface area contributed by atoms with Crippen molar-refractivity contribution in [1.29, 1.82) is 10.5 Å². The van der Waals surface area contributed by atoms with E-state index in [2.05, 4.69) is 171 Å². The van der Waals surface area contributed by atoms with Gasteiger partial charge in [0.2, 0.25) is 5.78 Å². The molecule has 0 amide bonds. The fraction of sp³-hybridized carbons (Fsp3) is 0.318. The summed E-state index contributed by atoms with van der Waals surface area (Å²) in [5.41, 5.74) is 32.5. The lowest BCUT2D eigenvalue weighted by atomic mass is 10.1. The van der Waals surface area contributed by atoms with Crippen molar-refractivity contribution in [2.45, 2.75) is 164 Å². The summed E-state index contributed by atoms with van der Waals surface area (Å²) in [5.74, 6) is 6.69. The Morgan fingerprint density at radius 3 is 1.26 bits per heavy atom. The normalized spacial score (nSPS) is 13.6. The third-order valence-corrected chi connectivity index (χ3v) is 22.2. The fourth-order valence-electron chi connectivity index (χ4n) is 13.4. The van der Waals surface area contributed by atoms with Crippen LogP contribution in [0.5, 0.6) is 0 Å². The maximum atomic E-state index is 12.6. The number of ketones is 1. The molecule has 0 saturated heterocycles. The van der Waals surface area contributed by atoms with E-state index in [0.29, 0.717) is 78.1 Å². The molecule has 16 aromatic heterocycles. The number of nitrogens with zero attached hydrogens (tertiary/aromatic N) is 21. The van der Waals surface area contributed by atoms with Crippen molar-refractivity contribution >= 4 is 147 Å². The molecule has 0 atom stereocenters. The Kier molecular flexibility index (Phi) is 33.8. The second-order valence-corrected chi connectivity index (χ2v) is 37.9. The van der Waals surface area contributed by atoms with E-state index in [1.165, 1.54) is 99.1 Å². The number of carbonyl (C=O) groups excluding carboxylic acids is 4. The predicted octanol–water partition coefficient (Wildman–Crippen LogP) is 15.9. The number of fused-ring (bicyclic) bond motifs is 7. The highest BCUT2D eigenvalue weighted by Crippen LogP contribution is 2.43. The minimum atomic E-state index is -1.33. The van der Waals surface area contributed by atoms with Gasteiger partial charge in [-0.3, -0.25) is 9.59 Å². The molecule has 0 radical (unpaired) electrons. The number of methoxy groups -OCH3 is 2. The van der Waals surface area contributed by atoms with E-state index in [9.17, 15) is 19.2 Å². The summed E-state index contributed by atoms with van der Waals surface area (Å²) in [6, 6.07) is 30.3. The third-order valence-electron chi connectivity index (χ3n) is 20.6. The summed E-state index contributed by atoms with van der Waals surface area (Å²) in [6.45, 7) is 6.50. The van der Waals surface area contributed by atoms with E-state index < -0.39 is 25.3 Å². The van der Waals surface area contributed by atoms with Gasteiger partial charge in [-0.2, -0.15) is 15.2 Å². The van der Waals surface area contributed by atoms with Crippen LogP contribution < -0.4 is 17.4 Å². The average Bonchev–Trinajstić information content (AvgIpc) is 1.67. The molecule has 34 nitrogen and oxygen atoms in total. The number of carbonyl (C=O) groups is 4. The molecule has 0 spiro atoms. The zero-order valence-corrected chi connectivity index (χ0v) is 76.5. The van der Waals surface area contributed by atoms with E-state index in [1.54, 1.807) is 18.7 Å². The number of ether oxygens (including phenoxy) is 2. The number of rotatable bonds is 20. The molecule has 672 valence electrons. The first-order valence-corrected chi connectivity index (χ1v) is 46.0. The van der Waals surface area contributed by atoms with Crippen molar-refractivity contribution in [2.24, 2.45) is 22.5 Å². The highest BCUT2D eigenvalue weighted by atomic mass is 35.5. The molecule has 0 aromatic carbocycles. The number of hydrogen-bond acceptors (Lipinski definition) is 26.